The van der Waals surface area contributed by atoms with Gasteiger partial charge in [0.15, 0.2) is 0 Å². The highest BCUT2D eigenvalue weighted by Gasteiger charge is 2.03. The lowest BCUT2D eigenvalue weighted by atomic mass is 10.4. The smallest absolute Gasteiger partial charge is 0.226 e. The van der Waals surface area contributed by atoms with Gasteiger partial charge in [-0.05, 0) is 13.3 Å². The van der Waals surface area contributed by atoms with E-state index in [4.69, 9.17) is 4.74 Å². The Labute approximate surface area is 106 Å². The van der Waals surface area contributed by atoms with E-state index in [1.54, 1.807) is 13.2 Å². The van der Waals surface area contributed by atoms with E-state index in [0.717, 1.165) is 23.6 Å². The van der Waals surface area contributed by atoms with Gasteiger partial charge in [-0.1, -0.05) is 6.92 Å². The average molecular weight is 247 g/mol. The van der Waals surface area contributed by atoms with E-state index in [0.29, 0.717) is 18.4 Å². The van der Waals surface area contributed by atoms with E-state index < -0.39 is 0 Å². The summed E-state index contributed by atoms with van der Waals surface area (Å²) in [5.41, 5.74) is 1.98. The van der Waals surface area contributed by atoms with Gasteiger partial charge in [0.2, 0.25) is 11.8 Å². The fourth-order valence-electron chi connectivity index (χ4n) is 1.56. The summed E-state index contributed by atoms with van der Waals surface area (Å²) < 4.78 is 5.09. The van der Waals surface area contributed by atoms with Crippen molar-refractivity contribution in [1.29, 1.82) is 0 Å². The van der Waals surface area contributed by atoms with Crippen LogP contribution >= 0.6 is 0 Å². The summed E-state index contributed by atoms with van der Waals surface area (Å²) in [6, 6.07) is 1.78. The minimum absolute atomic E-state index is 0.543. The van der Waals surface area contributed by atoms with E-state index in [-0.39, 0.29) is 0 Å². The van der Waals surface area contributed by atoms with Crippen LogP contribution in [0.15, 0.2) is 12.3 Å². The number of hydrogen-bond acceptors (Lipinski definition) is 5. The number of ether oxygens (including phenoxy) is 1. The van der Waals surface area contributed by atoms with Crippen molar-refractivity contribution >= 4 is 5.95 Å². The molecule has 0 aliphatic rings. The van der Waals surface area contributed by atoms with Gasteiger partial charge in [0.1, 0.15) is 5.82 Å². The summed E-state index contributed by atoms with van der Waals surface area (Å²) in [7, 11) is 1.59. The largest absolute Gasteiger partial charge is 0.481 e. The van der Waals surface area contributed by atoms with E-state index in [9.17, 15) is 0 Å². The number of aromatic nitrogens is 4. The fourth-order valence-corrected chi connectivity index (χ4v) is 1.56. The first-order chi connectivity index (χ1) is 8.71. The van der Waals surface area contributed by atoms with Crippen molar-refractivity contribution in [3.63, 3.8) is 0 Å². The molecule has 2 aromatic heterocycles. The number of rotatable bonds is 5. The van der Waals surface area contributed by atoms with Gasteiger partial charge in [0.25, 0.3) is 0 Å². The number of aromatic amines is 1. The van der Waals surface area contributed by atoms with Crippen LogP contribution in [0.3, 0.4) is 0 Å². The van der Waals surface area contributed by atoms with Crippen LogP contribution in [-0.4, -0.2) is 27.0 Å². The second-order valence-corrected chi connectivity index (χ2v) is 3.94. The van der Waals surface area contributed by atoms with Gasteiger partial charge in [-0.25, -0.2) is 9.97 Å². The molecule has 6 nitrogen and oxygen atoms in total. The third kappa shape index (κ3) is 2.97. The summed E-state index contributed by atoms with van der Waals surface area (Å²) in [5.74, 6) is 1.97. The van der Waals surface area contributed by atoms with Crippen molar-refractivity contribution in [2.45, 2.75) is 26.8 Å². The Morgan fingerprint density at radius 3 is 2.89 bits per heavy atom. The van der Waals surface area contributed by atoms with Crippen molar-refractivity contribution in [1.82, 2.24) is 19.9 Å². The predicted octanol–water partition coefficient (Wildman–Crippen LogP) is 1.69. The molecule has 2 aromatic rings. The highest BCUT2D eigenvalue weighted by Crippen LogP contribution is 2.11. The summed E-state index contributed by atoms with van der Waals surface area (Å²) in [6.07, 6.45) is 2.79. The predicted molar refractivity (Wildman–Crippen MR) is 68.6 cm³/mol. The van der Waals surface area contributed by atoms with Crippen LogP contribution < -0.4 is 10.1 Å². The van der Waals surface area contributed by atoms with Crippen LogP contribution in [0.5, 0.6) is 5.88 Å². The molecular formula is C12H17N5O. The first kappa shape index (κ1) is 12.3. The van der Waals surface area contributed by atoms with Gasteiger partial charge in [0, 0.05) is 23.7 Å². The number of hydrogen-bond donors (Lipinski definition) is 2. The Morgan fingerprint density at radius 2 is 2.22 bits per heavy atom. The molecule has 0 bridgehead atoms. The van der Waals surface area contributed by atoms with Gasteiger partial charge in [-0.3, -0.25) is 0 Å². The number of aryl methyl sites for hydroxylation is 2. The summed E-state index contributed by atoms with van der Waals surface area (Å²) in [5, 5.41) is 3.12. The third-order valence-electron chi connectivity index (χ3n) is 2.52. The molecule has 0 amide bonds. The third-order valence-corrected chi connectivity index (χ3v) is 2.52. The standard InChI is InChI=1S/C12H17N5O/c1-4-9-6-13-10(16-9)7-14-12-15-8(2)5-11(17-12)18-3/h5-6H,4,7H2,1-3H3,(H,13,16)(H,14,15,17). The lowest BCUT2D eigenvalue weighted by Gasteiger charge is -2.06. The molecule has 0 unspecified atom stereocenters. The van der Waals surface area contributed by atoms with E-state index in [2.05, 4.69) is 32.2 Å². The molecule has 0 fully saturated rings. The van der Waals surface area contributed by atoms with Crippen LogP contribution in [0.25, 0.3) is 0 Å². The SMILES string of the molecule is CCc1cnc(CNc2nc(C)cc(OC)n2)[nH]1. The van der Waals surface area contributed by atoms with Crippen LogP contribution in [-0.2, 0) is 13.0 Å². The Morgan fingerprint density at radius 1 is 1.39 bits per heavy atom. The van der Waals surface area contributed by atoms with Crippen LogP contribution in [0, 0.1) is 6.92 Å². The number of methoxy groups -OCH3 is 1. The number of nitrogens with one attached hydrogen (secondary N) is 2. The first-order valence-electron chi connectivity index (χ1n) is 5.87. The minimum Gasteiger partial charge on any atom is -0.481 e. The minimum atomic E-state index is 0.543. The van der Waals surface area contributed by atoms with Crippen molar-refractivity contribution in [2.24, 2.45) is 0 Å². The summed E-state index contributed by atoms with van der Waals surface area (Å²) >= 11 is 0. The molecule has 2 rings (SSSR count). The van der Waals surface area contributed by atoms with Crippen LogP contribution in [0.4, 0.5) is 5.95 Å². The lowest BCUT2D eigenvalue weighted by molar-refractivity contribution is 0.397. The van der Waals surface area contributed by atoms with Gasteiger partial charge < -0.3 is 15.0 Å². The Hall–Kier alpha value is -2.11. The molecule has 0 atom stereocenters. The molecule has 0 radical (unpaired) electrons. The molecule has 0 aliphatic heterocycles. The zero-order chi connectivity index (χ0) is 13.0. The molecule has 0 spiro atoms. The first-order valence-corrected chi connectivity index (χ1v) is 5.87. The highest BCUT2D eigenvalue weighted by atomic mass is 16.5. The Bertz CT molecular complexity index is 523. The van der Waals surface area contributed by atoms with Crippen molar-refractivity contribution < 1.29 is 4.74 Å². The van der Waals surface area contributed by atoms with E-state index in [1.165, 1.54) is 0 Å². The molecule has 96 valence electrons. The molecule has 0 saturated carbocycles. The molecule has 6 heteroatoms. The number of nitrogens with zero attached hydrogens (tertiary/aromatic N) is 3. The molecule has 2 N–H and O–H groups in total. The average Bonchev–Trinajstić information content (AvgIpc) is 2.83. The maximum atomic E-state index is 5.09. The van der Waals surface area contributed by atoms with Crippen LogP contribution in [0.1, 0.15) is 24.1 Å². The fraction of sp³-hybridized carbons (Fsp3) is 0.417. The molecule has 0 saturated heterocycles. The van der Waals surface area contributed by atoms with E-state index in [1.807, 2.05) is 13.1 Å². The number of anilines is 1. The molecule has 2 heterocycles. The molecule has 0 aliphatic carbocycles. The number of imidazole rings is 1. The Kier molecular flexibility index (Phi) is 3.76. The highest BCUT2D eigenvalue weighted by molar-refractivity contribution is 5.30. The summed E-state index contributed by atoms with van der Waals surface area (Å²) in [4.78, 5) is 16.0. The molecular weight excluding hydrogens is 230 g/mol. The van der Waals surface area contributed by atoms with Gasteiger partial charge in [-0.2, -0.15) is 4.98 Å². The van der Waals surface area contributed by atoms with Gasteiger partial charge in [0.05, 0.1) is 13.7 Å². The maximum absolute atomic E-state index is 5.09. The lowest BCUT2D eigenvalue weighted by Crippen LogP contribution is -2.06. The van der Waals surface area contributed by atoms with Crippen LogP contribution in [0.2, 0.25) is 0 Å². The second-order valence-electron chi connectivity index (χ2n) is 3.94. The van der Waals surface area contributed by atoms with Crippen molar-refractivity contribution in [3.05, 3.63) is 29.5 Å². The zero-order valence-electron chi connectivity index (χ0n) is 10.8. The number of H-pyrrole nitrogens is 1. The monoisotopic (exact) mass is 247 g/mol. The van der Waals surface area contributed by atoms with E-state index >= 15 is 0 Å². The van der Waals surface area contributed by atoms with Gasteiger partial charge in [-0.15, -0.1) is 0 Å². The Balaban J connectivity index is 2.03. The zero-order valence-corrected chi connectivity index (χ0v) is 10.8. The molecule has 0 aromatic carbocycles. The van der Waals surface area contributed by atoms with Gasteiger partial charge >= 0.3 is 0 Å². The van der Waals surface area contributed by atoms with Crippen molar-refractivity contribution in [3.8, 4) is 5.88 Å². The topological polar surface area (TPSA) is 75.7 Å². The molecule has 18 heavy (non-hydrogen) atoms. The van der Waals surface area contributed by atoms with Crippen molar-refractivity contribution in [2.75, 3.05) is 12.4 Å². The second kappa shape index (κ2) is 5.48. The summed E-state index contributed by atoms with van der Waals surface area (Å²) in [6.45, 7) is 4.54. The quantitative estimate of drug-likeness (QED) is 0.841. The maximum Gasteiger partial charge on any atom is 0.226 e. The normalized spacial score (nSPS) is 10.4.